The third-order valence-corrected chi connectivity index (χ3v) is 6.02. The van der Waals surface area contributed by atoms with Crippen molar-refractivity contribution < 1.29 is 0 Å². The second kappa shape index (κ2) is 5.77. The van der Waals surface area contributed by atoms with Gasteiger partial charge in [-0.25, -0.2) is 0 Å². The lowest BCUT2D eigenvalue weighted by Gasteiger charge is -2.41. The standard InChI is InChI=1S/C15H28S2/c1-11-7-14(16)8-12(2)10-15(17,9-11)13-5-3-4-6-13/h11-14,16-17H,3-10H2,1-2H3. The van der Waals surface area contributed by atoms with Crippen LogP contribution in [0.1, 0.15) is 65.2 Å². The molecule has 0 radical (unpaired) electrons. The first-order chi connectivity index (χ1) is 7.99. The van der Waals surface area contributed by atoms with Gasteiger partial charge in [0.25, 0.3) is 0 Å². The van der Waals surface area contributed by atoms with Crippen LogP contribution >= 0.6 is 25.3 Å². The fourth-order valence-electron chi connectivity index (χ4n) is 4.28. The van der Waals surface area contributed by atoms with Crippen LogP contribution in [-0.4, -0.2) is 10.00 Å². The Bertz CT molecular complexity index is 231. The van der Waals surface area contributed by atoms with Crippen LogP contribution in [0, 0.1) is 17.8 Å². The van der Waals surface area contributed by atoms with Crippen molar-refractivity contribution in [2.45, 2.75) is 75.2 Å². The topological polar surface area (TPSA) is 0 Å². The summed E-state index contributed by atoms with van der Waals surface area (Å²) in [4.78, 5) is 0. The molecule has 2 saturated carbocycles. The molecule has 2 aliphatic carbocycles. The van der Waals surface area contributed by atoms with Crippen molar-refractivity contribution in [2.24, 2.45) is 17.8 Å². The lowest BCUT2D eigenvalue weighted by atomic mass is 9.73. The van der Waals surface area contributed by atoms with E-state index in [9.17, 15) is 0 Å². The summed E-state index contributed by atoms with van der Waals surface area (Å²) in [6, 6.07) is 0. The Labute approximate surface area is 118 Å². The van der Waals surface area contributed by atoms with Crippen LogP contribution in [0.5, 0.6) is 0 Å². The van der Waals surface area contributed by atoms with Gasteiger partial charge in [0.1, 0.15) is 0 Å². The second-order valence-corrected chi connectivity index (χ2v) is 8.45. The minimum Gasteiger partial charge on any atom is -0.176 e. The largest absolute Gasteiger partial charge is 0.176 e. The van der Waals surface area contributed by atoms with E-state index in [0.29, 0.717) is 10.00 Å². The van der Waals surface area contributed by atoms with E-state index in [1.165, 1.54) is 51.4 Å². The predicted molar refractivity (Wildman–Crippen MR) is 83.2 cm³/mol. The summed E-state index contributed by atoms with van der Waals surface area (Å²) < 4.78 is 0.323. The highest BCUT2D eigenvalue weighted by Crippen LogP contribution is 2.48. The van der Waals surface area contributed by atoms with E-state index >= 15 is 0 Å². The summed E-state index contributed by atoms with van der Waals surface area (Å²) in [5.41, 5.74) is 0. The molecule has 2 rings (SSSR count). The van der Waals surface area contributed by atoms with Crippen molar-refractivity contribution in [2.75, 3.05) is 0 Å². The highest BCUT2D eigenvalue weighted by atomic mass is 32.1. The fourth-order valence-corrected chi connectivity index (χ4v) is 5.88. The van der Waals surface area contributed by atoms with E-state index in [-0.39, 0.29) is 0 Å². The Morgan fingerprint density at radius 1 is 0.941 bits per heavy atom. The van der Waals surface area contributed by atoms with Crippen LogP contribution in [0.25, 0.3) is 0 Å². The van der Waals surface area contributed by atoms with Gasteiger partial charge in [0, 0.05) is 10.00 Å². The normalized spacial score (nSPS) is 45.5. The maximum Gasteiger partial charge on any atom is 0.0163 e. The quantitative estimate of drug-likeness (QED) is 0.617. The Morgan fingerprint density at radius 2 is 1.41 bits per heavy atom. The minimum atomic E-state index is 0.323. The summed E-state index contributed by atoms with van der Waals surface area (Å²) >= 11 is 9.92. The Hall–Kier alpha value is 0.700. The van der Waals surface area contributed by atoms with Gasteiger partial charge >= 0.3 is 0 Å². The van der Waals surface area contributed by atoms with E-state index in [4.69, 9.17) is 25.3 Å². The zero-order valence-corrected chi connectivity index (χ0v) is 13.1. The number of hydrogen-bond donors (Lipinski definition) is 2. The van der Waals surface area contributed by atoms with E-state index < -0.39 is 0 Å². The molecule has 0 N–H and O–H groups in total. The summed E-state index contributed by atoms with van der Waals surface area (Å²) in [5, 5.41) is 0.612. The average Bonchev–Trinajstić information content (AvgIpc) is 2.66. The maximum absolute atomic E-state index is 5.19. The molecule has 100 valence electrons. The Balaban J connectivity index is 2.08. The number of rotatable bonds is 1. The van der Waals surface area contributed by atoms with Crippen molar-refractivity contribution >= 4 is 25.3 Å². The van der Waals surface area contributed by atoms with Gasteiger partial charge in [0.05, 0.1) is 0 Å². The smallest absolute Gasteiger partial charge is 0.0163 e. The first-order valence-corrected chi connectivity index (χ1v) is 8.36. The van der Waals surface area contributed by atoms with E-state index in [0.717, 1.165) is 17.8 Å². The molecule has 2 atom stereocenters. The summed E-state index contributed by atoms with van der Waals surface area (Å²) in [6.07, 6.45) is 10.9. The molecule has 2 fully saturated rings. The van der Waals surface area contributed by atoms with Gasteiger partial charge in [-0.2, -0.15) is 25.3 Å². The molecule has 0 bridgehead atoms. The van der Waals surface area contributed by atoms with Gasteiger partial charge < -0.3 is 0 Å². The van der Waals surface area contributed by atoms with E-state index in [1.54, 1.807) is 0 Å². The molecule has 2 heteroatoms. The molecule has 0 amide bonds. The highest BCUT2D eigenvalue weighted by Gasteiger charge is 2.40. The summed E-state index contributed by atoms with van der Waals surface area (Å²) in [6.45, 7) is 4.80. The Kier molecular flexibility index (Phi) is 4.79. The van der Waals surface area contributed by atoms with Crippen LogP contribution in [0.3, 0.4) is 0 Å². The zero-order chi connectivity index (χ0) is 12.5. The maximum atomic E-state index is 5.19. The highest BCUT2D eigenvalue weighted by molar-refractivity contribution is 7.81. The molecule has 17 heavy (non-hydrogen) atoms. The van der Waals surface area contributed by atoms with Crippen LogP contribution in [-0.2, 0) is 0 Å². The van der Waals surface area contributed by atoms with Crippen molar-refractivity contribution in [1.82, 2.24) is 0 Å². The molecule has 0 saturated heterocycles. The van der Waals surface area contributed by atoms with Crippen molar-refractivity contribution in [1.29, 1.82) is 0 Å². The predicted octanol–water partition coefficient (Wildman–Crippen LogP) is 4.99. The van der Waals surface area contributed by atoms with Gasteiger partial charge in [-0.05, 0) is 56.3 Å². The molecular weight excluding hydrogens is 244 g/mol. The van der Waals surface area contributed by atoms with Crippen LogP contribution < -0.4 is 0 Å². The number of hydrogen-bond acceptors (Lipinski definition) is 2. The van der Waals surface area contributed by atoms with Gasteiger partial charge in [-0.3, -0.25) is 0 Å². The van der Waals surface area contributed by atoms with Crippen molar-refractivity contribution in [3.63, 3.8) is 0 Å². The van der Waals surface area contributed by atoms with Crippen molar-refractivity contribution in [3.8, 4) is 0 Å². The van der Waals surface area contributed by atoms with E-state index in [1.807, 2.05) is 0 Å². The molecule has 0 aliphatic heterocycles. The van der Waals surface area contributed by atoms with Crippen molar-refractivity contribution in [3.05, 3.63) is 0 Å². The van der Waals surface area contributed by atoms with Crippen LogP contribution in [0.15, 0.2) is 0 Å². The first-order valence-electron chi connectivity index (χ1n) is 7.40. The van der Waals surface area contributed by atoms with Crippen LogP contribution in [0.2, 0.25) is 0 Å². The van der Waals surface area contributed by atoms with E-state index in [2.05, 4.69) is 13.8 Å². The molecule has 0 aromatic carbocycles. The second-order valence-electron chi connectivity index (χ2n) is 6.83. The third kappa shape index (κ3) is 3.59. The fraction of sp³-hybridized carbons (Fsp3) is 1.00. The molecule has 2 aliphatic rings. The lowest BCUT2D eigenvalue weighted by Crippen LogP contribution is -2.37. The molecule has 0 heterocycles. The van der Waals surface area contributed by atoms with Gasteiger partial charge in [-0.15, -0.1) is 0 Å². The molecule has 0 nitrogen and oxygen atoms in total. The van der Waals surface area contributed by atoms with Gasteiger partial charge in [0.15, 0.2) is 0 Å². The molecular formula is C15H28S2. The van der Waals surface area contributed by atoms with Gasteiger partial charge in [-0.1, -0.05) is 26.7 Å². The third-order valence-electron chi connectivity index (χ3n) is 4.87. The Morgan fingerprint density at radius 3 is 1.88 bits per heavy atom. The number of thiol groups is 2. The molecule has 2 unspecified atom stereocenters. The molecule has 0 aromatic heterocycles. The monoisotopic (exact) mass is 272 g/mol. The first kappa shape index (κ1) is 14.1. The zero-order valence-electron chi connectivity index (χ0n) is 11.4. The molecule has 0 aromatic rings. The SMILES string of the molecule is CC1CC(S)CC(C)CC(S)(C2CCCC2)C1. The molecule has 0 spiro atoms. The average molecular weight is 273 g/mol. The van der Waals surface area contributed by atoms with Crippen LogP contribution in [0.4, 0.5) is 0 Å². The minimum absolute atomic E-state index is 0.323. The van der Waals surface area contributed by atoms with Gasteiger partial charge in [0.2, 0.25) is 0 Å². The lowest BCUT2D eigenvalue weighted by molar-refractivity contribution is 0.235. The summed E-state index contributed by atoms with van der Waals surface area (Å²) in [5.74, 6) is 2.47. The summed E-state index contributed by atoms with van der Waals surface area (Å²) in [7, 11) is 0.